The molecule has 0 spiro atoms. The Hall–Kier alpha value is -1.55. The number of hydrogen-bond donors (Lipinski definition) is 1. The second-order valence-electron chi connectivity index (χ2n) is 5.20. The largest absolute Gasteiger partial charge is 0.493 e. The molecule has 1 heterocycles. The first-order valence-electron chi connectivity index (χ1n) is 7.48. The minimum atomic E-state index is -0.0655. The maximum atomic E-state index is 12.8. The molecule has 4 heteroatoms. The van der Waals surface area contributed by atoms with E-state index in [4.69, 9.17) is 10.5 Å². The normalized spacial score (nSPS) is 17.2. The number of hydrogen-bond acceptors (Lipinski definition) is 3. The van der Waals surface area contributed by atoms with Gasteiger partial charge >= 0.3 is 0 Å². The molecule has 0 aromatic heterocycles. The van der Waals surface area contributed by atoms with Crippen molar-refractivity contribution in [2.75, 3.05) is 26.2 Å². The lowest BCUT2D eigenvalue weighted by Crippen LogP contribution is -2.38. The molecule has 110 valence electrons. The maximum Gasteiger partial charge on any atom is 0.230 e. The summed E-state index contributed by atoms with van der Waals surface area (Å²) >= 11 is 0. The number of para-hydroxylation sites is 1. The fourth-order valence-corrected chi connectivity index (χ4v) is 2.70. The van der Waals surface area contributed by atoms with Gasteiger partial charge in [0.2, 0.25) is 5.91 Å². The quantitative estimate of drug-likeness (QED) is 0.866. The zero-order valence-electron chi connectivity index (χ0n) is 12.2. The van der Waals surface area contributed by atoms with Gasteiger partial charge in [0.15, 0.2) is 0 Å². The molecule has 20 heavy (non-hydrogen) atoms. The van der Waals surface area contributed by atoms with E-state index in [0.29, 0.717) is 13.2 Å². The average molecular weight is 276 g/mol. The van der Waals surface area contributed by atoms with Gasteiger partial charge in [0.1, 0.15) is 5.75 Å². The molecule has 0 saturated heterocycles. The number of carbonyl (C=O) groups excluding carboxylic acids is 1. The molecule has 1 unspecified atom stereocenters. The molecule has 1 aliphatic rings. The molecule has 2 rings (SSSR count). The van der Waals surface area contributed by atoms with Gasteiger partial charge in [-0.25, -0.2) is 0 Å². The zero-order valence-corrected chi connectivity index (χ0v) is 12.2. The second-order valence-corrected chi connectivity index (χ2v) is 5.20. The van der Waals surface area contributed by atoms with Gasteiger partial charge in [-0.2, -0.15) is 0 Å². The molecule has 1 atom stereocenters. The third-order valence-corrected chi connectivity index (χ3v) is 3.69. The van der Waals surface area contributed by atoms with E-state index in [2.05, 4.69) is 6.92 Å². The van der Waals surface area contributed by atoms with Gasteiger partial charge in [0.05, 0.1) is 12.5 Å². The highest BCUT2D eigenvalue weighted by molar-refractivity contribution is 5.84. The van der Waals surface area contributed by atoms with Crippen molar-refractivity contribution in [2.24, 2.45) is 5.73 Å². The summed E-state index contributed by atoms with van der Waals surface area (Å²) in [6, 6.07) is 7.87. The third-order valence-electron chi connectivity index (χ3n) is 3.69. The molecule has 0 radical (unpaired) electrons. The van der Waals surface area contributed by atoms with E-state index in [-0.39, 0.29) is 11.8 Å². The Kier molecular flexibility index (Phi) is 5.41. The van der Waals surface area contributed by atoms with Crippen molar-refractivity contribution >= 4 is 5.91 Å². The van der Waals surface area contributed by atoms with Crippen molar-refractivity contribution in [2.45, 2.75) is 32.1 Å². The first-order chi connectivity index (χ1) is 9.77. The average Bonchev–Trinajstić information content (AvgIpc) is 2.50. The Labute approximate surface area is 120 Å². The van der Waals surface area contributed by atoms with Crippen LogP contribution in [-0.4, -0.2) is 37.0 Å². The van der Waals surface area contributed by atoms with Crippen LogP contribution in [0.1, 0.15) is 37.7 Å². The van der Waals surface area contributed by atoms with Crippen LogP contribution >= 0.6 is 0 Å². The number of benzene rings is 1. The standard InChI is InChI=1S/C16H24N2O2/c1-2-10-18(11-5-9-17)16(19)14-8-12-20-15-7-4-3-6-13(14)15/h3-4,6-7,14H,2,5,8-12,17H2,1H3. The molecule has 1 aromatic carbocycles. The molecular weight excluding hydrogens is 252 g/mol. The second kappa shape index (κ2) is 7.29. The highest BCUT2D eigenvalue weighted by atomic mass is 16.5. The molecule has 4 nitrogen and oxygen atoms in total. The lowest BCUT2D eigenvalue weighted by atomic mass is 9.91. The summed E-state index contributed by atoms with van der Waals surface area (Å²) in [6.45, 7) is 4.89. The first kappa shape index (κ1) is 14.9. The van der Waals surface area contributed by atoms with Crippen LogP contribution in [0.25, 0.3) is 0 Å². The Morgan fingerprint density at radius 1 is 1.40 bits per heavy atom. The van der Waals surface area contributed by atoms with Crippen molar-refractivity contribution in [3.8, 4) is 5.75 Å². The smallest absolute Gasteiger partial charge is 0.230 e. The Bertz CT molecular complexity index is 448. The number of fused-ring (bicyclic) bond motifs is 1. The van der Waals surface area contributed by atoms with Gasteiger partial charge in [-0.05, 0) is 31.9 Å². The van der Waals surface area contributed by atoms with Crippen LogP contribution in [0, 0.1) is 0 Å². The van der Waals surface area contributed by atoms with Crippen LogP contribution in [0.4, 0.5) is 0 Å². The number of nitrogens with two attached hydrogens (primary N) is 1. The van der Waals surface area contributed by atoms with Crippen LogP contribution in [0.15, 0.2) is 24.3 Å². The van der Waals surface area contributed by atoms with E-state index in [1.807, 2.05) is 29.2 Å². The van der Waals surface area contributed by atoms with E-state index in [0.717, 1.165) is 43.7 Å². The van der Waals surface area contributed by atoms with Crippen molar-refractivity contribution in [3.63, 3.8) is 0 Å². The SMILES string of the molecule is CCCN(CCCN)C(=O)C1CCOc2ccccc21. The Morgan fingerprint density at radius 3 is 2.95 bits per heavy atom. The third kappa shape index (κ3) is 3.31. The lowest BCUT2D eigenvalue weighted by Gasteiger charge is -2.30. The van der Waals surface area contributed by atoms with Gasteiger partial charge in [0.25, 0.3) is 0 Å². The summed E-state index contributed by atoms with van der Waals surface area (Å²) in [6.07, 6.45) is 2.59. The van der Waals surface area contributed by atoms with Crippen LogP contribution in [0.5, 0.6) is 5.75 Å². The highest BCUT2D eigenvalue weighted by Crippen LogP contribution is 2.34. The Balaban J connectivity index is 2.15. The minimum absolute atomic E-state index is 0.0655. The monoisotopic (exact) mass is 276 g/mol. The number of nitrogens with zero attached hydrogens (tertiary/aromatic N) is 1. The van der Waals surface area contributed by atoms with E-state index in [1.54, 1.807) is 0 Å². The molecular formula is C16H24N2O2. The first-order valence-corrected chi connectivity index (χ1v) is 7.48. The van der Waals surface area contributed by atoms with Gasteiger partial charge in [-0.3, -0.25) is 4.79 Å². The molecule has 1 amide bonds. The molecule has 0 bridgehead atoms. The van der Waals surface area contributed by atoms with Gasteiger partial charge in [0, 0.05) is 18.7 Å². The van der Waals surface area contributed by atoms with Gasteiger partial charge in [-0.15, -0.1) is 0 Å². The summed E-state index contributed by atoms with van der Waals surface area (Å²) in [5.41, 5.74) is 6.60. The predicted octanol–water partition coefficient (Wildman–Crippen LogP) is 2.14. The van der Waals surface area contributed by atoms with Crippen LogP contribution in [0.2, 0.25) is 0 Å². The summed E-state index contributed by atoms with van der Waals surface area (Å²) in [7, 11) is 0. The number of rotatable bonds is 6. The number of amides is 1. The predicted molar refractivity (Wildman–Crippen MR) is 79.8 cm³/mol. The summed E-state index contributed by atoms with van der Waals surface area (Å²) in [5.74, 6) is 1.01. The van der Waals surface area contributed by atoms with Crippen LogP contribution in [0.3, 0.4) is 0 Å². The molecule has 0 aliphatic carbocycles. The van der Waals surface area contributed by atoms with E-state index in [9.17, 15) is 4.79 Å². The number of ether oxygens (including phenoxy) is 1. The van der Waals surface area contributed by atoms with Crippen molar-refractivity contribution < 1.29 is 9.53 Å². The topological polar surface area (TPSA) is 55.6 Å². The highest BCUT2D eigenvalue weighted by Gasteiger charge is 2.30. The summed E-state index contributed by atoms with van der Waals surface area (Å²) in [5, 5.41) is 0. The van der Waals surface area contributed by atoms with Crippen LogP contribution < -0.4 is 10.5 Å². The van der Waals surface area contributed by atoms with Crippen molar-refractivity contribution in [1.29, 1.82) is 0 Å². The lowest BCUT2D eigenvalue weighted by molar-refractivity contribution is -0.133. The fraction of sp³-hybridized carbons (Fsp3) is 0.562. The Morgan fingerprint density at radius 2 is 2.20 bits per heavy atom. The van der Waals surface area contributed by atoms with E-state index >= 15 is 0 Å². The van der Waals surface area contributed by atoms with Crippen molar-refractivity contribution in [3.05, 3.63) is 29.8 Å². The molecule has 0 fully saturated rings. The summed E-state index contributed by atoms with van der Waals surface area (Å²) in [4.78, 5) is 14.7. The van der Waals surface area contributed by atoms with Crippen molar-refractivity contribution in [1.82, 2.24) is 4.90 Å². The fourth-order valence-electron chi connectivity index (χ4n) is 2.70. The summed E-state index contributed by atoms with van der Waals surface area (Å²) < 4.78 is 5.63. The zero-order chi connectivity index (χ0) is 14.4. The van der Waals surface area contributed by atoms with Gasteiger partial charge < -0.3 is 15.4 Å². The maximum absolute atomic E-state index is 12.8. The van der Waals surface area contributed by atoms with E-state index in [1.165, 1.54) is 0 Å². The number of carbonyl (C=O) groups is 1. The molecule has 2 N–H and O–H groups in total. The minimum Gasteiger partial charge on any atom is -0.493 e. The molecule has 1 aromatic rings. The van der Waals surface area contributed by atoms with Crippen LogP contribution in [-0.2, 0) is 4.79 Å². The molecule has 1 aliphatic heterocycles. The van der Waals surface area contributed by atoms with Gasteiger partial charge in [-0.1, -0.05) is 25.1 Å². The molecule has 0 saturated carbocycles. The van der Waals surface area contributed by atoms with E-state index < -0.39 is 0 Å².